The molecule has 21 heavy (non-hydrogen) atoms. The van der Waals surface area contributed by atoms with E-state index in [-0.39, 0.29) is 18.1 Å². The van der Waals surface area contributed by atoms with E-state index in [4.69, 9.17) is 4.74 Å². The van der Waals surface area contributed by atoms with Crippen molar-refractivity contribution in [1.29, 1.82) is 0 Å². The van der Waals surface area contributed by atoms with Crippen molar-refractivity contribution in [2.24, 2.45) is 7.05 Å². The molecule has 3 atom stereocenters. The first-order valence-corrected chi connectivity index (χ1v) is 7.54. The molecule has 6 heteroatoms. The van der Waals surface area contributed by atoms with Gasteiger partial charge in [0.1, 0.15) is 0 Å². The topological polar surface area (TPSA) is 59.4 Å². The van der Waals surface area contributed by atoms with Gasteiger partial charge in [-0.3, -0.25) is 14.4 Å². The van der Waals surface area contributed by atoms with Crippen LogP contribution in [0.25, 0.3) is 0 Å². The SMILES string of the molecule is Cc1c(C(=O)NC[C@@H](C)N2C[C@@H](C)O[C@@H](C)C2)cnn1C. The van der Waals surface area contributed by atoms with Crippen LogP contribution in [-0.2, 0) is 11.8 Å². The Morgan fingerprint density at radius 2 is 2.10 bits per heavy atom. The molecule has 1 aromatic rings. The molecule has 1 aliphatic heterocycles. The molecule has 1 amide bonds. The third-order valence-corrected chi connectivity index (χ3v) is 4.11. The molecular weight excluding hydrogens is 268 g/mol. The van der Waals surface area contributed by atoms with Crippen LogP contribution < -0.4 is 5.32 Å². The van der Waals surface area contributed by atoms with Crippen molar-refractivity contribution in [3.05, 3.63) is 17.5 Å². The molecule has 1 saturated heterocycles. The maximum absolute atomic E-state index is 12.2. The molecule has 1 aliphatic rings. The number of aromatic nitrogens is 2. The molecule has 2 rings (SSSR count). The van der Waals surface area contributed by atoms with E-state index in [1.165, 1.54) is 0 Å². The molecule has 0 radical (unpaired) electrons. The summed E-state index contributed by atoms with van der Waals surface area (Å²) in [5, 5.41) is 7.11. The highest BCUT2D eigenvalue weighted by atomic mass is 16.5. The van der Waals surface area contributed by atoms with Crippen LogP contribution in [0, 0.1) is 6.92 Å². The number of ether oxygens (including phenoxy) is 1. The molecule has 118 valence electrons. The Labute approximate surface area is 126 Å². The molecule has 0 aromatic carbocycles. The number of carbonyl (C=O) groups is 1. The van der Waals surface area contributed by atoms with E-state index in [9.17, 15) is 4.79 Å². The minimum Gasteiger partial charge on any atom is -0.373 e. The molecule has 0 aliphatic carbocycles. The van der Waals surface area contributed by atoms with Gasteiger partial charge in [0, 0.05) is 38.4 Å². The summed E-state index contributed by atoms with van der Waals surface area (Å²) in [5.74, 6) is -0.0539. The molecule has 1 aromatic heterocycles. The van der Waals surface area contributed by atoms with Crippen LogP contribution >= 0.6 is 0 Å². The maximum atomic E-state index is 12.2. The Hall–Kier alpha value is -1.40. The van der Waals surface area contributed by atoms with Gasteiger partial charge in [0.2, 0.25) is 0 Å². The van der Waals surface area contributed by atoms with Gasteiger partial charge in [-0.1, -0.05) is 0 Å². The van der Waals surface area contributed by atoms with Crippen LogP contribution in [0.4, 0.5) is 0 Å². The predicted molar refractivity (Wildman–Crippen MR) is 81.3 cm³/mol. The average Bonchev–Trinajstić information content (AvgIpc) is 2.75. The number of nitrogens with zero attached hydrogens (tertiary/aromatic N) is 3. The lowest BCUT2D eigenvalue weighted by molar-refractivity contribution is -0.0778. The van der Waals surface area contributed by atoms with Crippen LogP contribution in [0.5, 0.6) is 0 Å². The Kier molecular flexibility index (Phi) is 5.00. The highest BCUT2D eigenvalue weighted by Crippen LogP contribution is 2.13. The first-order chi connectivity index (χ1) is 9.88. The van der Waals surface area contributed by atoms with E-state index in [0.717, 1.165) is 18.8 Å². The molecule has 1 fully saturated rings. The monoisotopic (exact) mass is 294 g/mol. The van der Waals surface area contributed by atoms with Crippen LogP contribution in [0.3, 0.4) is 0 Å². The highest BCUT2D eigenvalue weighted by molar-refractivity contribution is 5.95. The van der Waals surface area contributed by atoms with Gasteiger partial charge < -0.3 is 10.1 Å². The highest BCUT2D eigenvalue weighted by Gasteiger charge is 2.26. The number of amides is 1. The summed E-state index contributed by atoms with van der Waals surface area (Å²) in [6.45, 7) is 10.7. The average molecular weight is 294 g/mol. The van der Waals surface area contributed by atoms with E-state index in [1.54, 1.807) is 10.9 Å². The van der Waals surface area contributed by atoms with Crippen molar-refractivity contribution in [2.75, 3.05) is 19.6 Å². The fraction of sp³-hybridized carbons (Fsp3) is 0.733. The largest absolute Gasteiger partial charge is 0.373 e. The van der Waals surface area contributed by atoms with Gasteiger partial charge in [-0.2, -0.15) is 5.10 Å². The summed E-state index contributed by atoms with van der Waals surface area (Å²) in [5.41, 5.74) is 1.53. The van der Waals surface area contributed by atoms with Crippen molar-refractivity contribution >= 4 is 5.91 Å². The molecule has 0 bridgehead atoms. The lowest BCUT2D eigenvalue weighted by atomic mass is 10.1. The minimum atomic E-state index is -0.0539. The van der Waals surface area contributed by atoms with Gasteiger partial charge in [0.25, 0.3) is 5.91 Å². The van der Waals surface area contributed by atoms with E-state index in [2.05, 4.69) is 36.1 Å². The number of rotatable bonds is 4. The molecule has 6 nitrogen and oxygen atoms in total. The standard InChI is InChI=1S/C15H26N4O2/c1-10(19-8-11(2)21-12(3)9-19)6-16-15(20)14-7-17-18(5)13(14)4/h7,10-12H,6,8-9H2,1-5H3,(H,16,20)/t10-,11-,12+/m1/s1. The summed E-state index contributed by atoms with van der Waals surface area (Å²) < 4.78 is 7.45. The summed E-state index contributed by atoms with van der Waals surface area (Å²) in [6, 6.07) is 0.291. The quantitative estimate of drug-likeness (QED) is 0.898. The fourth-order valence-corrected chi connectivity index (χ4v) is 2.76. The first-order valence-electron chi connectivity index (χ1n) is 7.54. The van der Waals surface area contributed by atoms with Gasteiger partial charge in [-0.25, -0.2) is 0 Å². The first kappa shape index (κ1) is 16.0. The van der Waals surface area contributed by atoms with E-state index in [1.807, 2.05) is 14.0 Å². The second kappa shape index (κ2) is 6.58. The fourth-order valence-electron chi connectivity index (χ4n) is 2.76. The smallest absolute Gasteiger partial charge is 0.254 e. The second-order valence-electron chi connectivity index (χ2n) is 6.04. The molecular formula is C15H26N4O2. The van der Waals surface area contributed by atoms with Gasteiger partial charge in [-0.05, 0) is 27.7 Å². The molecule has 2 heterocycles. The lowest BCUT2D eigenvalue weighted by Gasteiger charge is -2.38. The van der Waals surface area contributed by atoms with E-state index < -0.39 is 0 Å². The van der Waals surface area contributed by atoms with Crippen molar-refractivity contribution < 1.29 is 9.53 Å². The van der Waals surface area contributed by atoms with Crippen LogP contribution in [0.2, 0.25) is 0 Å². The zero-order valence-electron chi connectivity index (χ0n) is 13.6. The summed E-state index contributed by atoms with van der Waals surface area (Å²) in [7, 11) is 1.84. The molecule has 1 N–H and O–H groups in total. The lowest BCUT2D eigenvalue weighted by Crippen LogP contribution is -2.52. The Balaban J connectivity index is 1.87. The third kappa shape index (κ3) is 3.83. The second-order valence-corrected chi connectivity index (χ2v) is 6.04. The van der Waals surface area contributed by atoms with Crippen LogP contribution in [0.15, 0.2) is 6.20 Å². The normalized spacial score (nSPS) is 24.8. The van der Waals surface area contributed by atoms with Crippen LogP contribution in [-0.4, -0.2) is 58.5 Å². The van der Waals surface area contributed by atoms with Gasteiger partial charge >= 0.3 is 0 Å². The number of hydrogen-bond donors (Lipinski definition) is 1. The number of hydrogen-bond acceptors (Lipinski definition) is 4. The van der Waals surface area contributed by atoms with E-state index in [0.29, 0.717) is 18.2 Å². The zero-order valence-corrected chi connectivity index (χ0v) is 13.6. The third-order valence-electron chi connectivity index (χ3n) is 4.11. The zero-order chi connectivity index (χ0) is 15.6. The number of aryl methyl sites for hydroxylation is 1. The van der Waals surface area contributed by atoms with Gasteiger partial charge in [-0.15, -0.1) is 0 Å². The Bertz CT molecular complexity index is 490. The molecule has 0 saturated carbocycles. The Morgan fingerprint density at radius 1 is 1.48 bits per heavy atom. The number of carbonyl (C=O) groups excluding carboxylic acids is 1. The summed E-state index contributed by atoms with van der Waals surface area (Å²) in [6.07, 6.45) is 2.11. The van der Waals surface area contributed by atoms with Gasteiger partial charge in [0.15, 0.2) is 0 Å². The van der Waals surface area contributed by atoms with Crippen molar-refractivity contribution in [3.63, 3.8) is 0 Å². The number of nitrogens with one attached hydrogen (secondary N) is 1. The van der Waals surface area contributed by atoms with Crippen molar-refractivity contribution in [3.8, 4) is 0 Å². The van der Waals surface area contributed by atoms with Crippen molar-refractivity contribution in [1.82, 2.24) is 20.0 Å². The van der Waals surface area contributed by atoms with Gasteiger partial charge in [0.05, 0.1) is 24.0 Å². The van der Waals surface area contributed by atoms with Crippen molar-refractivity contribution in [2.45, 2.75) is 45.9 Å². The molecule has 0 unspecified atom stereocenters. The number of morpholine rings is 1. The minimum absolute atomic E-state index is 0.0539. The van der Waals surface area contributed by atoms with E-state index >= 15 is 0 Å². The van der Waals surface area contributed by atoms with Crippen LogP contribution in [0.1, 0.15) is 36.8 Å². The maximum Gasteiger partial charge on any atom is 0.254 e. The summed E-state index contributed by atoms with van der Waals surface area (Å²) in [4.78, 5) is 14.6. The summed E-state index contributed by atoms with van der Waals surface area (Å²) >= 11 is 0. The molecule has 0 spiro atoms. The predicted octanol–water partition coefficient (Wildman–Crippen LogP) is 0.956. The Morgan fingerprint density at radius 3 is 2.62 bits per heavy atom.